The van der Waals surface area contributed by atoms with Gasteiger partial charge in [-0.25, -0.2) is 9.18 Å². The summed E-state index contributed by atoms with van der Waals surface area (Å²) >= 11 is 6.66. The fourth-order valence-electron chi connectivity index (χ4n) is 4.02. The summed E-state index contributed by atoms with van der Waals surface area (Å²) in [5.74, 6) is -0.773. The van der Waals surface area contributed by atoms with Crippen LogP contribution in [0, 0.1) is 5.82 Å². The van der Waals surface area contributed by atoms with Gasteiger partial charge in [0.1, 0.15) is 5.75 Å². The quantitative estimate of drug-likeness (QED) is 0.148. The molecule has 2 aromatic heterocycles. The van der Waals surface area contributed by atoms with Gasteiger partial charge in [-0.3, -0.25) is 9.78 Å². The SMILES string of the molecule is CCOC(=O)c1ccc(-c2cc3nccc(Oc4ccc(NC(=S)NC(=O)Cc5ccccc5)cc4F)c3s2)cc1. The number of benzene rings is 3. The largest absolute Gasteiger partial charge is 0.462 e. The first kappa shape index (κ1) is 27.9. The lowest BCUT2D eigenvalue weighted by atomic mass is 10.1. The number of amides is 1. The predicted octanol–water partition coefficient (Wildman–Crippen LogP) is 7.13. The van der Waals surface area contributed by atoms with E-state index in [4.69, 9.17) is 21.7 Å². The number of pyridine rings is 1. The molecule has 0 saturated carbocycles. The molecule has 0 unspecified atom stereocenters. The minimum Gasteiger partial charge on any atom is -0.462 e. The Labute approximate surface area is 245 Å². The van der Waals surface area contributed by atoms with Crippen molar-refractivity contribution in [3.63, 3.8) is 0 Å². The molecular formula is C31H24FN3O4S2. The van der Waals surface area contributed by atoms with Gasteiger partial charge in [0, 0.05) is 28.9 Å². The standard InChI is InChI=1S/C31H24FN3O4S2/c1-2-38-30(37)21-10-8-20(9-11-21)27-18-24-29(41-27)26(14-15-33-24)39-25-13-12-22(17-23(25)32)34-31(40)35-28(36)16-19-6-4-3-5-7-19/h3-15,17-18H,2,16H2,1H3,(H2,34,35,36,40). The number of esters is 1. The molecule has 2 heterocycles. The normalized spacial score (nSPS) is 10.7. The average molecular weight is 586 g/mol. The molecule has 7 nitrogen and oxygen atoms in total. The highest BCUT2D eigenvalue weighted by atomic mass is 32.1. The fourth-order valence-corrected chi connectivity index (χ4v) is 5.32. The van der Waals surface area contributed by atoms with Crippen LogP contribution in [0.1, 0.15) is 22.8 Å². The first-order valence-corrected chi connectivity index (χ1v) is 13.9. The average Bonchev–Trinajstić information content (AvgIpc) is 3.40. The smallest absolute Gasteiger partial charge is 0.338 e. The zero-order valence-electron chi connectivity index (χ0n) is 21.8. The first-order chi connectivity index (χ1) is 19.9. The summed E-state index contributed by atoms with van der Waals surface area (Å²) in [6, 6.07) is 24.3. The van der Waals surface area contributed by atoms with Crippen molar-refractivity contribution in [2.45, 2.75) is 13.3 Å². The number of anilines is 1. The van der Waals surface area contributed by atoms with E-state index in [1.165, 1.54) is 23.5 Å². The first-order valence-electron chi connectivity index (χ1n) is 12.7. The predicted molar refractivity (Wildman–Crippen MR) is 162 cm³/mol. The summed E-state index contributed by atoms with van der Waals surface area (Å²) in [4.78, 5) is 29.5. The molecule has 0 fully saturated rings. The summed E-state index contributed by atoms with van der Waals surface area (Å²) in [6.45, 7) is 2.07. The molecule has 0 saturated heterocycles. The van der Waals surface area contributed by atoms with Crippen LogP contribution < -0.4 is 15.4 Å². The fraction of sp³-hybridized carbons (Fsp3) is 0.0968. The second-order valence-electron chi connectivity index (χ2n) is 8.84. The maximum atomic E-state index is 15.0. The molecule has 0 spiro atoms. The second-order valence-corrected chi connectivity index (χ2v) is 10.3. The van der Waals surface area contributed by atoms with Gasteiger partial charge in [0.25, 0.3) is 0 Å². The van der Waals surface area contributed by atoms with Gasteiger partial charge in [0.2, 0.25) is 5.91 Å². The Kier molecular flexibility index (Phi) is 8.61. The molecule has 2 N–H and O–H groups in total. The van der Waals surface area contributed by atoms with Crippen molar-refractivity contribution in [1.82, 2.24) is 10.3 Å². The van der Waals surface area contributed by atoms with E-state index >= 15 is 4.39 Å². The van der Waals surface area contributed by atoms with Gasteiger partial charge in [-0.2, -0.15) is 0 Å². The van der Waals surface area contributed by atoms with E-state index in [0.717, 1.165) is 20.7 Å². The van der Waals surface area contributed by atoms with Crippen molar-refractivity contribution in [2.24, 2.45) is 0 Å². The molecule has 206 valence electrons. The molecule has 0 aliphatic rings. The van der Waals surface area contributed by atoms with Crippen LogP contribution in [0.3, 0.4) is 0 Å². The second kappa shape index (κ2) is 12.7. The van der Waals surface area contributed by atoms with Gasteiger partial charge in [0.15, 0.2) is 16.7 Å². The molecule has 0 atom stereocenters. The zero-order valence-corrected chi connectivity index (χ0v) is 23.5. The topological polar surface area (TPSA) is 89.6 Å². The molecule has 0 aliphatic heterocycles. The molecule has 0 aliphatic carbocycles. The van der Waals surface area contributed by atoms with E-state index in [1.807, 2.05) is 48.5 Å². The summed E-state index contributed by atoms with van der Waals surface area (Å²) in [7, 11) is 0. The van der Waals surface area contributed by atoms with E-state index in [1.54, 1.807) is 37.4 Å². The van der Waals surface area contributed by atoms with Gasteiger partial charge < -0.3 is 20.1 Å². The van der Waals surface area contributed by atoms with Crippen LogP contribution in [0.2, 0.25) is 0 Å². The minimum absolute atomic E-state index is 0.0239. The lowest BCUT2D eigenvalue weighted by Crippen LogP contribution is -2.35. The van der Waals surface area contributed by atoms with Crippen LogP contribution in [-0.4, -0.2) is 28.6 Å². The van der Waals surface area contributed by atoms with Gasteiger partial charge in [-0.1, -0.05) is 42.5 Å². The number of rotatable bonds is 8. The summed E-state index contributed by atoms with van der Waals surface area (Å²) in [5.41, 5.74) is 3.30. The third kappa shape index (κ3) is 6.92. The number of fused-ring (bicyclic) bond motifs is 1. The van der Waals surface area contributed by atoms with Crippen molar-refractivity contribution in [2.75, 3.05) is 11.9 Å². The highest BCUT2D eigenvalue weighted by Crippen LogP contribution is 2.39. The number of hydrogen-bond acceptors (Lipinski definition) is 7. The molecule has 5 rings (SSSR count). The number of halogens is 1. The maximum absolute atomic E-state index is 15.0. The van der Waals surface area contributed by atoms with E-state index in [2.05, 4.69) is 15.6 Å². The number of nitrogens with one attached hydrogen (secondary N) is 2. The van der Waals surface area contributed by atoms with Crippen LogP contribution >= 0.6 is 23.6 Å². The van der Waals surface area contributed by atoms with Gasteiger partial charge >= 0.3 is 5.97 Å². The highest BCUT2D eigenvalue weighted by Gasteiger charge is 2.15. The molecule has 0 bridgehead atoms. The molecular weight excluding hydrogens is 561 g/mol. The third-order valence-electron chi connectivity index (χ3n) is 5.93. The summed E-state index contributed by atoms with van der Waals surface area (Å²) < 4.78 is 26.8. The van der Waals surface area contributed by atoms with Crippen molar-refractivity contribution in [3.8, 4) is 21.9 Å². The van der Waals surface area contributed by atoms with Gasteiger partial charge in [-0.05, 0) is 60.6 Å². The highest BCUT2D eigenvalue weighted by molar-refractivity contribution is 7.80. The lowest BCUT2D eigenvalue weighted by molar-refractivity contribution is -0.119. The van der Waals surface area contributed by atoms with E-state index < -0.39 is 5.82 Å². The molecule has 5 aromatic rings. The van der Waals surface area contributed by atoms with Crippen molar-refractivity contribution in [3.05, 3.63) is 108 Å². The van der Waals surface area contributed by atoms with E-state index in [-0.39, 0.29) is 29.2 Å². The Morgan fingerprint density at radius 1 is 0.976 bits per heavy atom. The molecule has 41 heavy (non-hydrogen) atoms. The monoisotopic (exact) mass is 585 g/mol. The zero-order chi connectivity index (χ0) is 28.8. The maximum Gasteiger partial charge on any atom is 0.338 e. The molecule has 1 amide bonds. The number of nitrogens with zero attached hydrogens (tertiary/aromatic N) is 1. The van der Waals surface area contributed by atoms with Crippen LogP contribution in [0.5, 0.6) is 11.5 Å². The van der Waals surface area contributed by atoms with Crippen LogP contribution in [0.4, 0.5) is 10.1 Å². The van der Waals surface area contributed by atoms with E-state index in [9.17, 15) is 9.59 Å². The van der Waals surface area contributed by atoms with E-state index in [0.29, 0.717) is 29.1 Å². The van der Waals surface area contributed by atoms with Gasteiger partial charge in [0.05, 0.1) is 28.8 Å². The number of aromatic nitrogens is 1. The van der Waals surface area contributed by atoms with Gasteiger partial charge in [-0.15, -0.1) is 11.3 Å². The Morgan fingerprint density at radius 3 is 2.49 bits per heavy atom. The number of carbonyl (C=O) groups is 2. The Balaban J connectivity index is 1.26. The van der Waals surface area contributed by atoms with Crippen LogP contribution in [-0.2, 0) is 16.0 Å². The number of thiophene rings is 1. The molecule has 3 aromatic carbocycles. The summed E-state index contributed by atoms with van der Waals surface area (Å²) in [6.07, 6.45) is 1.77. The third-order valence-corrected chi connectivity index (χ3v) is 7.32. The Hall–Kier alpha value is -4.67. The number of ether oxygens (including phenoxy) is 2. The molecule has 10 heteroatoms. The van der Waals surface area contributed by atoms with Crippen molar-refractivity contribution >= 4 is 56.4 Å². The van der Waals surface area contributed by atoms with Crippen molar-refractivity contribution < 1.29 is 23.5 Å². The minimum atomic E-state index is -0.607. The number of carbonyl (C=O) groups excluding carboxylic acids is 2. The van der Waals surface area contributed by atoms with Crippen LogP contribution in [0.15, 0.2) is 91.1 Å². The Morgan fingerprint density at radius 2 is 1.76 bits per heavy atom. The number of thiocarbonyl (C=S) groups is 1. The Bertz CT molecular complexity index is 1720. The summed E-state index contributed by atoms with van der Waals surface area (Å²) in [5, 5.41) is 5.49. The lowest BCUT2D eigenvalue weighted by Gasteiger charge is -2.12. The van der Waals surface area contributed by atoms with Crippen LogP contribution in [0.25, 0.3) is 20.7 Å². The number of hydrogen-bond donors (Lipinski definition) is 2. The molecule has 0 radical (unpaired) electrons. The van der Waals surface area contributed by atoms with Crippen molar-refractivity contribution in [1.29, 1.82) is 0 Å².